The molecule has 1 aromatic heterocycles. The Morgan fingerprint density at radius 2 is 1.73 bits per heavy atom. The van der Waals surface area contributed by atoms with E-state index >= 15 is 0 Å². The summed E-state index contributed by atoms with van der Waals surface area (Å²) in [7, 11) is 0. The summed E-state index contributed by atoms with van der Waals surface area (Å²) in [6.45, 7) is 9.88. The molecule has 2 aromatic carbocycles. The zero-order chi connectivity index (χ0) is 21.7. The molecular formula is C26H31ClN2O. The summed E-state index contributed by atoms with van der Waals surface area (Å²) in [5, 5.41) is 0.738. The van der Waals surface area contributed by atoms with Crippen molar-refractivity contribution in [3.63, 3.8) is 0 Å². The van der Waals surface area contributed by atoms with Crippen LogP contribution in [0.2, 0.25) is 5.02 Å². The number of hydrogen-bond donors (Lipinski definition) is 0. The number of amides is 1. The molecule has 0 aliphatic rings. The van der Waals surface area contributed by atoms with Crippen molar-refractivity contribution in [1.82, 2.24) is 9.47 Å². The molecule has 1 atom stereocenters. The summed E-state index contributed by atoms with van der Waals surface area (Å²) in [4.78, 5) is 15.4. The largest absolute Gasteiger partial charge is 0.345 e. The van der Waals surface area contributed by atoms with Gasteiger partial charge in [-0.2, -0.15) is 0 Å². The lowest BCUT2D eigenvalue weighted by Gasteiger charge is -2.32. The normalized spacial score (nSPS) is 12.2. The second-order valence-corrected chi connectivity index (χ2v) is 8.66. The molecule has 0 spiro atoms. The maximum Gasteiger partial charge on any atom is 0.254 e. The predicted molar refractivity (Wildman–Crippen MR) is 125 cm³/mol. The number of carbonyl (C=O) groups is 1. The number of carbonyl (C=O) groups excluding carboxylic acids is 1. The minimum atomic E-state index is 0.0781. The van der Waals surface area contributed by atoms with Crippen molar-refractivity contribution in [1.29, 1.82) is 0 Å². The highest BCUT2D eigenvalue weighted by Gasteiger charge is 2.25. The summed E-state index contributed by atoms with van der Waals surface area (Å²) in [6, 6.07) is 20.2. The molecule has 1 amide bonds. The molecule has 3 rings (SSSR count). The highest BCUT2D eigenvalue weighted by molar-refractivity contribution is 6.30. The van der Waals surface area contributed by atoms with E-state index in [1.807, 2.05) is 53.4 Å². The lowest BCUT2D eigenvalue weighted by atomic mass is 10.0. The van der Waals surface area contributed by atoms with Gasteiger partial charge in [0.1, 0.15) is 0 Å². The molecule has 0 N–H and O–H groups in total. The quantitative estimate of drug-likeness (QED) is 0.410. The second kappa shape index (κ2) is 9.99. The molecule has 0 aliphatic carbocycles. The number of aromatic nitrogens is 1. The molecule has 0 fully saturated rings. The smallest absolute Gasteiger partial charge is 0.254 e. The van der Waals surface area contributed by atoms with Crippen molar-refractivity contribution in [2.45, 2.75) is 53.2 Å². The minimum absolute atomic E-state index is 0.0781. The van der Waals surface area contributed by atoms with Gasteiger partial charge in [-0.25, -0.2) is 0 Å². The fourth-order valence-corrected chi connectivity index (χ4v) is 3.78. The highest BCUT2D eigenvalue weighted by Crippen LogP contribution is 2.20. The first-order valence-corrected chi connectivity index (χ1v) is 11.0. The van der Waals surface area contributed by atoms with E-state index in [1.54, 1.807) is 0 Å². The molecule has 0 saturated heterocycles. The van der Waals surface area contributed by atoms with E-state index in [2.05, 4.69) is 50.6 Å². The van der Waals surface area contributed by atoms with Gasteiger partial charge in [0.2, 0.25) is 0 Å². The average molecular weight is 423 g/mol. The lowest BCUT2D eigenvalue weighted by molar-refractivity contribution is 0.0622. The molecule has 0 aliphatic heterocycles. The summed E-state index contributed by atoms with van der Waals surface area (Å²) < 4.78 is 2.19. The Kier molecular flexibility index (Phi) is 7.38. The van der Waals surface area contributed by atoms with E-state index in [4.69, 9.17) is 11.6 Å². The van der Waals surface area contributed by atoms with Gasteiger partial charge in [-0.05, 0) is 66.8 Å². The minimum Gasteiger partial charge on any atom is -0.345 e. The third-order valence-electron chi connectivity index (χ3n) is 5.82. The number of rotatable bonds is 8. The zero-order valence-corrected chi connectivity index (χ0v) is 19.1. The van der Waals surface area contributed by atoms with Gasteiger partial charge in [0.25, 0.3) is 5.91 Å². The topological polar surface area (TPSA) is 25.2 Å². The number of benzene rings is 2. The van der Waals surface area contributed by atoms with Gasteiger partial charge in [-0.1, -0.05) is 56.6 Å². The van der Waals surface area contributed by atoms with Crippen molar-refractivity contribution >= 4 is 17.5 Å². The Morgan fingerprint density at radius 3 is 2.37 bits per heavy atom. The van der Waals surface area contributed by atoms with Crippen LogP contribution in [-0.2, 0) is 19.5 Å². The molecule has 3 nitrogen and oxygen atoms in total. The van der Waals surface area contributed by atoms with E-state index in [0.717, 1.165) is 34.8 Å². The molecule has 1 unspecified atom stereocenters. The predicted octanol–water partition coefficient (Wildman–Crippen LogP) is 6.44. The number of nitrogens with zero attached hydrogens (tertiary/aromatic N) is 2. The van der Waals surface area contributed by atoms with E-state index in [9.17, 15) is 4.79 Å². The van der Waals surface area contributed by atoms with E-state index in [-0.39, 0.29) is 11.9 Å². The molecule has 0 radical (unpaired) electrons. The van der Waals surface area contributed by atoms with Gasteiger partial charge in [-0.15, -0.1) is 0 Å². The van der Waals surface area contributed by atoms with Crippen LogP contribution in [0.5, 0.6) is 0 Å². The maximum absolute atomic E-state index is 13.4. The first-order valence-electron chi connectivity index (χ1n) is 10.7. The fraction of sp³-hybridized carbons (Fsp3) is 0.346. The van der Waals surface area contributed by atoms with Crippen molar-refractivity contribution in [3.8, 4) is 0 Å². The molecule has 0 bridgehead atoms. The Morgan fingerprint density at radius 1 is 1.00 bits per heavy atom. The molecule has 1 heterocycles. The van der Waals surface area contributed by atoms with Crippen LogP contribution in [0.1, 0.15) is 54.9 Å². The van der Waals surface area contributed by atoms with Gasteiger partial charge in [0.15, 0.2) is 0 Å². The van der Waals surface area contributed by atoms with E-state index in [0.29, 0.717) is 12.5 Å². The highest BCUT2D eigenvalue weighted by atomic mass is 35.5. The molecule has 0 saturated carbocycles. The van der Waals surface area contributed by atoms with Crippen molar-refractivity contribution < 1.29 is 4.79 Å². The number of aryl methyl sites for hydroxylation is 1. The second-order valence-electron chi connectivity index (χ2n) is 8.23. The zero-order valence-electron chi connectivity index (χ0n) is 18.3. The number of hydrogen-bond acceptors (Lipinski definition) is 1. The van der Waals surface area contributed by atoms with Gasteiger partial charge in [0.05, 0.1) is 6.54 Å². The summed E-state index contributed by atoms with van der Waals surface area (Å²) in [5.74, 6) is 0.439. The third-order valence-corrected chi connectivity index (χ3v) is 6.06. The van der Waals surface area contributed by atoms with Gasteiger partial charge < -0.3 is 9.47 Å². The average Bonchev–Trinajstić information content (AvgIpc) is 3.17. The Bertz CT molecular complexity index is 975. The lowest BCUT2D eigenvalue weighted by Crippen LogP contribution is -2.41. The van der Waals surface area contributed by atoms with Gasteiger partial charge in [-0.3, -0.25) is 4.79 Å². The first kappa shape index (κ1) is 22.2. The van der Waals surface area contributed by atoms with Crippen LogP contribution in [0.25, 0.3) is 0 Å². The molecule has 158 valence electrons. The van der Waals surface area contributed by atoms with Gasteiger partial charge >= 0.3 is 0 Å². The molecule has 30 heavy (non-hydrogen) atoms. The Hall–Kier alpha value is -2.52. The van der Waals surface area contributed by atoms with Crippen LogP contribution in [0.3, 0.4) is 0 Å². The first-order chi connectivity index (χ1) is 14.4. The standard InChI is InChI=1S/C26H31ClN2O/c1-5-21-11-13-23(14-12-21)26(30)29(20(4)19(2)3)18-25-10-7-15-28(25)17-22-8-6-9-24(27)16-22/h6-16,19-20H,5,17-18H2,1-4H3. The van der Waals surface area contributed by atoms with Crippen LogP contribution in [0.15, 0.2) is 66.9 Å². The van der Waals surface area contributed by atoms with Crippen LogP contribution in [0.4, 0.5) is 0 Å². The van der Waals surface area contributed by atoms with Crippen molar-refractivity contribution in [2.75, 3.05) is 0 Å². The molecule has 4 heteroatoms. The third kappa shape index (κ3) is 5.34. The Labute approximate surface area is 185 Å². The summed E-state index contributed by atoms with van der Waals surface area (Å²) >= 11 is 6.15. The fourth-order valence-electron chi connectivity index (χ4n) is 3.56. The molecule has 3 aromatic rings. The van der Waals surface area contributed by atoms with Crippen LogP contribution >= 0.6 is 11.6 Å². The van der Waals surface area contributed by atoms with Gasteiger partial charge in [0, 0.05) is 35.1 Å². The Balaban J connectivity index is 1.85. The summed E-state index contributed by atoms with van der Waals surface area (Å²) in [6.07, 6.45) is 3.03. The van der Waals surface area contributed by atoms with E-state index in [1.165, 1.54) is 5.56 Å². The monoisotopic (exact) mass is 422 g/mol. The maximum atomic E-state index is 13.4. The van der Waals surface area contributed by atoms with Crippen LogP contribution in [0, 0.1) is 5.92 Å². The SMILES string of the molecule is CCc1ccc(C(=O)N(Cc2cccn2Cc2cccc(Cl)c2)C(C)C(C)C)cc1. The number of halogens is 1. The van der Waals surface area contributed by atoms with Crippen LogP contribution in [-0.4, -0.2) is 21.4 Å². The molecular weight excluding hydrogens is 392 g/mol. The van der Waals surface area contributed by atoms with Crippen molar-refractivity contribution in [2.24, 2.45) is 5.92 Å². The van der Waals surface area contributed by atoms with E-state index < -0.39 is 0 Å². The van der Waals surface area contributed by atoms with Crippen molar-refractivity contribution in [3.05, 3.63) is 94.3 Å². The summed E-state index contributed by atoms with van der Waals surface area (Å²) in [5.41, 5.74) is 4.24. The van der Waals surface area contributed by atoms with Crippen LogP contribution < -0.4 is 0 Å².